The molecule has 1 aliphatic heterocycles. The second kappa shape index (κ2) is 5.89. The Bertz CT molecular complexity index is 1040. The SMILES string of the molecule is O=C(Nc1ccc(Cl)cc1F)N1CCc2c(nc3cc[nH]n3c2=O)C1. The Hall–Kier alpha value is -2.87. The number of anilines is 1. The zero-order valence-corrected chi connectivity index (χ0v) is 13.7. The first-order valence-electron chi connectivity index (χ1n) is 7.62. The molecule has 0 fully saturated rings. The molecule has 0 bridgehead atoms. The maximum atomic E-state index is 13.8. The molecule has 7 nitrogen and oxygen atoms in total. The highest BCUT2D eigenvalue weighted by Gasteiger charge is 2.25. The van der Waals surface area contributed by atoms with Crippen molar-refractivity contribution in [1.29, 1.82) is 0 Å². The predicted molar refractivity (Wildman–Crippen MR) is 90.4 cm³/mol. The predicted octanol–water partition coefficient (Wildman–Crippen LogP) is 2.41. The van der Waals surface area contributed by atoms with Gasteiger partial charge >= 0.3 is 6.03 Å². The zero-order valence-electron chi connectivity index (χ0n) is 12.9. The molecule has 25 heavy (non-hydrogen) atoms. The molecule has 0 aliphatic carbocycles. The zero-order chi connectivity index (χ0) is 17.6. The van der Waals surface area contributed by atoms with Gasteiger partial charge in [-0.3, -0.25) is 9.89 Å². The summed E-state index contributed by atoms with van der Waals surface area (Å²) in [6.07, 6.45) is 2.02. The van der Waals surface area contributed by atoms with Gasteiger partial charge in [0, 0.05) is 29.4 Å². The van der Waals surface area contributed by atoms with Crippen LogP contribution in [0.3, 0.4) is 0 Å². The largest absolute Gasteiger partial charge is 0.322 e. The van der Waals surface area contributed by atoms with E-state index in [1.807, 2.05) is 0 Å². The summed E-state index contributed by atoms with van der Waals surface area (Å²) in [5.41, 5.74) is 1.53. The summed E-state index contributed by atoms with van der Waals surface area (Å²) < 4.78 is 15.2. The first-order valence-corrected chi connectivity index (χ1v) is 7.99. The number of nitrogens with one attached hydrogen (secondary N) is 2. The first-order chi connectivity index (χ1) is 12.0. The molecule has 1 aliphatic rings. The van der Waals surface area contributed by atoms with Crippen molar-refractivity contribution in [2.24, 2.45) is 0 Å². The number of halogens is 2. The van der Waals surface area contributed by atoms with Crippen LogP contribution in [0.25, 0.3) is 5.65 Å². The first kappa shape index (κ1) is 15.6. The number of hydrogen-bond donors (Lipinski definition) is 2. The van der Waals surface area contributed by atoms with Crippen LogP contribution < -0.4 is 10.9 Å². The molecule has 0 atom stereocenters. The van der Waals surface area contributed by atoms with Crippen LogP contribution in [-0.4, -0.2) is 32.1 Å². The Morgan fingerprint density at radius 3 is 3.00 bits per heavy atom. The van der Waals surface area contributed by atoms with Crippen LogP contribution in [-0.2, 0) is 13.0 Å². The normalized spacial score (nSPS) is 13.8. The highest BCUT2D eigenvalue weighted by atomic mass is 35.5. The van der Waals surface area contributed by atoms with Gasteiger partial charge in [0.05, 0.1) is 17.9 Å². The van der Waals surface area contributed by atoms with Crippen molar-refractivity contribution in [3.05, 3.63) is 62.9 Å². The van der Waals surface area contributed by atoms with E-state index in [1.54, 1.807) is 12.3 Å². The van der Waals surface area contributed by atoms with Crippen molar-refractivity contribution in [2.45, 2.75) is 13.0 Å². The topological polar surface area (TPSA) is 82.5 Å². The number of carbonyl (C=O) groups is 1. The van der Waals surface area contributed by atoms with Crippen molar-refractivity contribution < 1.29 is 9.18 Å². The molecular weight excluding hydrogens is 349 g/mol. The van der Waals surface area contributed by atoms with E-state index in [4.69, 9.17) is 11.6 Å². The van der Waals surface area contributed by atoms with E-state index in [9.17, 15) is 14.0 Å². The van der Waals surface area contributed by atoms with Crippen LogP contribution in [0.1, 0.15) is 11.3 Å². The number of hydrogen-bond acceptors (Lipinski definition) is 3. The average molecular weight is 362 g/mol. The number of aromatic nitrogens is 3. The molecule has 0 unspecified atom stereocenters. The van der Waals surface area contributed by atoms with Gasteiger partial charge in [-0.25, -0.2) is 18.7 Å². The average Bonchev–Trinajstić information content (AvgIpc) is 3.05. The number of aromatic amines is 1. The van der Waals surface area contributed by atoms with Crippen molar-refractivity contribution in [2.75, 3.05) is 11.9 Å². The number of fused-ring (bicyclic) bond motifs is 2. The third-order valence-corrected chi connectivity index (χ3v) is 4.39. The van der Waals surface area contributed by atoms with E-state index >= 15 is 0 Å². The summed E-state index contributed by atoms with van der Waals surface area (Å²) in [6.45, 7) is 0.533. The molecule has 0 radical (unpaired) electrons. The molecule has 128 valence electrons. The fourth-order valence-electron chi connectivity index (χ4n) is 2.89. The molecule has 0 saturated heterocycles. The molecule has 2 N–H and O–H groups in total. The summed E-state index contributed by atoms with van der Waals surface area (Å²) in [6, 6.07) is 5.26. The van der Waals surface area contributed by atoms with Crippen LogP contribution in [0.2, 0.25) is 5.02 Å². The quantitative estimate of drug-likeness (QED) is 0.698. The fraction of sp³-hybridized carbons (Fsp3) is 0.188. The summed E-state index contributed by atoms with van der Waals surface area (Å²) in [5.74, 6) is -0.608. The molecule has 3 aromatic rings. The van der Waals surface area contributed by atoms with E-state index < -0.39 is 11.8 Å². The standard InChI is InChI=1S/C16H13ClFN5O2/c17-9-1-2-12(11(18)7-9)21-16(25)22-6-4-10-13(8-22)20-14-3-5-19-23(14)15(10)24/h1-3,5,7,19H,4,6,8H2,(H,21,25). The molecule has 0 spiro atoms. The Morgan fingerprint density at radius 1 is 1.36 bits per heavy atom. The van der Waals surface area contributed by atoms with E-state index in [0.29, 0.717) is 29.9 Å². The van der Waals surface area contributed by atoms with Crippen molar-refractivity contribution in [1.82, 2.24) is 19.5 Å². The molecule has 2 amide bonds. The van der Waals surface area contributed by atoms with Crippen LogP contribution >= 0.6 is 11.6 Å². The van der Waals surface area contributed by atoms with E-state index in [0.717, 1.165) is 6.07 Å². The van der Waals surface area contributed by atoms with Gasteiger partial charge in [0.15, 0.2) is 5.65 Å². The number of urea groups is 1. The Labute approximate surface area is 146 Å². The van der Waals surface area contributed by atoms with Gasteiger partial charge in [-0.15, -0.1) is 0 Å². The number of amides is 2. The lowest BCUT2D eigenvalue weighted by Crippen LogP contribution is -2.41. The number of benzene rings is 1. The van der Waals surface area contributed by atoms with Crippen LogP contribution in [0.5, 0.6) is 0 Å². The van der Waals surface area contributed by atoms with Crippen molar-refractivity contribution in [3.63, 3.8) is 0 Å². The number of rotatable bonds is 1. The monoisotopic (exact) mass is 361 g/mol. The molecule has 4 rings (SSSR count). The highest BCUT2D eigenvalue weighted by Crippen LogP contribution is 2.21. The Balaban J connectivity index is 1.58. The minimum atomic E-state index is -0.608. The van der Waals surface area contributed by atoms with Gasteiger partial charge in [0.25, 0.3) is 5.56 Å². The second-order valence-corrected chi connectivity index (χ2v) is 6.16. The molecule has 3 heterocycles. The summed E-state index contributed by atoms with van der Waals surface area (Å²) in [4.78, 5) is 30.7. The van der Waals surface area contributed by atoms with Crippen LogP contribution in [0.4, 0.5) is 14.9 Å². The van der Waals surface area contributed by atoms with Gasteiger partial charge in [-0.1, -0.05) is 11.6 Å². The molecule has 0 saturated carbocycles. The third kappa shape index (κ3) is 2.74. The fourth-order valence-corrected chi connectivity index (χ4v) is 3.05. The number of carbonyl (C=O) groups excluding carboxylic acids is 1. The Morgan fingerprint density at radius 2 is 2.20 bits per heavy atom. The van der Waals surface area contributed by atoms with Crippen molar-refractivity contribution in [3.8, 4) is 0 Å². The minimum Gasteiger partial charge on any atom is -0.318 e. The van der Waals surface area contributed by atoms with Gasteiger partial charge in [-0.05, 0) is 24.6 Å². The molecule has 9 heteroatoms. The third-order valence-electron chi connectivity index (χ3n) is 4.16. The second-order valence-electron chi connectivity index (χ2n) is 5.72. The number of nitrogens with zero attached hydrogens (tertiary/aromatic N) is 3. The smallest absolute Gasteiger partial charge is 0.318 e. The maximum Gasteiger partial charge on any atom is 0.322 e. The Kier molecular flexibility index (Phi) is 3.69. The molecule has 1 aromatic carbocycles. The van der Waals surface area contributed by atoms with E-state index in [-0.39, 0.29) is 22.8 Å². The molecule has 2 aromatic heterocycles. The number of H-pyrrole nitrogens is 1. The lowest BCUT2D eigenvalue weighted by Gasteiger charge is -2.27. The van der Waals surface area contributed by atoms with Crippen LogP contribution in [0, 0.1) is 5.82 Å². The lowest BCUT2D eigenvalue weighted by atomic mass is 10.1. The van der Waals surface area contributed by atoms with Crippen LogP contribution in [0.15, 0.2) is 35.3 Å². The van der Waals surface area contributed by atoms with E-state index in [2.05, 4.69) is 15.4 Å². The van der Waals surface area contributed by atoms with Crippen molar-refractivity contribution >= 4 is 29.0 Å². The van der Waals surface area contributed by atoms with Gasteiger partial charge in [0.1, 0.15) is 5.82 Å². The summed E-state index contributed by atoms with van der Waals surface area (Å²) in [5, 5.41) is 5.58. The molecular formula is C16H13ClFN5O2. The summed E-state index contributed by atoms with van der Waals surface area (Å²) in [7, 11) is 0. The van der Waals surface area contributed by atoms with Gasteiger partial charge < -0.3 is 10.2 Å². The summed E-state index contributed by atoms with van der Waals surface area (Å²) >= 11 is 5.71. The van der Waals surface area contributed by atoms with E-state index in [1.165, 1.54) is 21.5 Å². The highest BCUT2D eigenvalue weighted by molar-refractivity contribution is 6.30. The maximum absolute atomic E-state index is 13.8. The van der Waals surface area contributed by atoms with Gasteiger partial charge in [-0.2, -0.15) is 0 Å². The lowest BCUT2D eigenvalue weighted by molar-refractivity contribution is 0.205. The minimum absolute atomic E-state index is 0.0503. The van der Waals surface area contributed by atoms with Gasteiger partial charge in [0.2, 0.25) is 0 Å².